The van der Waals surface area contributed by atoms with Gasteiger partial charge in [0.1, 0.15) is 23.1 Å². The third-order valence-corrected chi connectivity index (χ3v) is 4.47. The van der Waals surface area contributed by atoms with Crippen molar-refractivity contribution >= 4 is 28.8 Å². The zero-order valence-corrected chi connectivity index (χ0v) is 14.6. The van der Waals surface area contributed by atoms with Crippen molar-refractivity contribution in [3.63, 3.8) is 0 Å². The molecule has 2 N–H and O–H groups in total. The first-order valence-electron chi connectivity index (χ1n) is 8.85. The molecule has 5 nitrogen and oxygen atoms in total. The molecule has 7 heteroatoms. The van der Waals surface area contributed by atoms with Crippen molar-refractivity contribution < 1.29 is 8.78 Å². The predicted octanol–water partition coefficient (Wildman–Crippen LogP) is 4.84. The van der Waals surface area contributed by atoms with Crippen molar-refractivity contribution in [3.05, 3.63) is 66.4 Å². The summed E-state index contributed by atoms with van der Waals surface area (Å²) in [7, 11) is 0. The van der Waals surface area contributed by atoms with Gasteiger partial charge in [-0.15, -0.1) is 0 Å². The van der Waals surface area contributed by atoms with E-state index >= 15 is 0 Å². The summed E-state index contributed by atoms with van der Waals surface area (Å²) >= 11 is 0. The zero-order valence-electron chi connectivity index (χ0n) is 14.6. The highest BCUT2D eigenvalue weighted by atomic mass is 19.1. The summed E-state index contributed by atoms with van der Waals surface area (Å²) in [5.74, 6) is -0.764. The van der Waals surface area contributed by atoms with Crippen LogP contribution in [0.3, 0.4) is 0 Å². The van der Waals surface area contributed by atoms with Gasteiger partial charge in [-0.3, -0.25) is 0 Å². The maximum absolute atomic E-state index is 13.8. The lowest BCUT2D eigenvalue weighted by Gasteiger charge is -2.18. The quantitative estimate of drug-likeness (QED) is 0.676. The topological polar surface area (TPSA) is 53.1 Å². The molecular weight excluding hydrogens is 348 g/mol. The van der Waals surface area contributed by atoms with Crippen LogP contribution < -0.4 is 15.5 Å². The highest BCUT2D eigenvalue weighted by Crippen LogP contribution is 2.25. The Morgan fingerprint density at radius 3 is 2.26 bits per heavy atom. The summed E-state index contributed by atoms with van der Waals surface area (Å²) < 4.78 is 27.5. The first-order valence-corrected chi connectivity index (χ1v) is 8.85. The molecule has 0 unspecified atom stereocenters. The Bertz CT molecular complexity index is 904. The van der Waals surface area contributed by atoms with Crippen molar-refractivity contribution in [2.24, 2.45) is 0 Å². The molecule has 0 bridgehead atoms. The van der Waals surface area contributed by atoms with Crippen molar-refractivity contribution in [3.8, 4) is 0 Å². The first kappa shape index (κ1) is 17.2. The third-order valence-electron chi connectivity index (χ3n) is 4.47. The van der Waals surface area contributed by atoms with Crippen LogP contribution in [0, 0.1) is 11.6 Å². The van der Waals surface area contributed by atoms with E-state index in [0.717, 1.165) is 18.8 Å². The number of nitrogens with zero attached hydrogens (tertiary/aromatic N) is 3. The molecule has 2 heterocycles. The molecule has 1 aliphatic heterocycles. The lowest BCUT2D eigenvalue weighted by molar-refractivity contribution is 0.590. The number of anilines is 5. The van der Waals surface area contributed by atoms with Gasteiger partial charge in [-0.05, 0) is 55.3 Å². The van der Waals surface area contributed by atoms with E-state index in [9.17, 15) is 8.78 Å². The van der Waals surface area contributed by atoms with Crippen LogP contribution in [0.15, 0.2) is 54.7 Å². The standard InChI is InChI=1S/C20H19F2N5/c21-16-4-3-5-17(22)19(16)26-20-23-11-10-18(25-20)24-14-6-8-15(9-7-14)27-12-1-2-13-27/h3-11H,1-2,12-13H2,(H2,23,24,25,26). The minimum Gasteiger partial charge on any atom is -0.372 e. The molecule has 4 rings (SSSR count). The number of halogens is 2. The molecule has 1 saturated heterocycles. The molecule has 2 aromatic carbocycles. The minimum absolute atomic E-state index is 0.109. The summed E-state index contributed by atoms with van der Waals surface area (Å²) in [5.41, 5.74) is 1.81. The van der Waals surface area contributed by atoms with E-state index in [1.54, 1.807) is 6.07 Å². The van der Waals surface area contributed by atoms with E-state index in [-0.39, 0.29) is 11.6 Å². The number of hydrogen-bond donors (Lipinski definition) is 2. The molecule has 27 heavy (non-hydrogen) atoms. The van der Waals surface area contributed by atoms with E-state index in [2.05, 4.69) is 37.6 Å². The molecule has 1 aromatic heterocycles. The van der Waals surface area contributed by atoms with E-state index in [1.165, 1.54) is 42.9 Å². The van der Waals surface area contributed by atoms with Gasteiger partial charge in [0.25, 0.3) is 0 Å². The molecule has 0 amide bonds. The number of rotatable bonds is 5. The summed E-state index contributed by atoms with van der Waals surface area (Å²) in [6.45, 7) is 2.20. The van der Waals surface area contributed by atoms with Crippen molar-refractivity contribution in [1.82, 2.24) is 9.97 Å². The Morgan fingerprint density at radius 2 is 1.56 bits per heavy atom. The Morgan fingerprint density at radius 1 is 0.852 bits per heavy atom. The maximum atomic E-state index is 13.8. The lowest BCUT2D eigenvalue weighted by atomic mass is 10.2. The third kappa shape index (κ3) is 3.97. The fourth-order valence-corrected chi connectivity index (χ4v) is 3.10. The molecule has 0 spiro atoms. The fraction of sp³-hybridized carbons (Fsp3) is 0.200. The SMILES string of the molecule is Fc1cccc(F)c1Nc1nccc(Nc2ccc(N3CCCC3)cc2)n1. The summed E-state index contributed by atoms with van der Waals surface area (Å²) in [6, 6.07) is 13.5. The second-order valence-corrected chi connectivity index (χ2v) is 6.35. The first-order chi connectivity index (χ1) is 13.2. The van der Waals surface area contributed by atoms with Gasteiger partial charge >= 0.3 is 0 Å². The second kappa shape index (κ2) is 7.57. The monoisotopic (exact) mass is 367 g/mol. The minimum atomic E-state index is -0.700. The van der Waals surface area contributed by atoms with E-state index in [1.807, 2.05) is 12.1 Å². The van der Waals surface area contributed by atoms with Gasteiger partial charge < -0.3 is 15.5 Å². The number of aromatic nitrogens is 2. The summed E-state index contributed by atoms with van der Waals surface area (Å²) in [5, 5.41) is 5.77. The molecule has 1 aliphatic rings. The molecule has 138 valence electrons. The summed E-state index contributed by atoms with van der Waals surface area (Å²) in [4.78, 5) is 10.7. The van der Waals surface area contributed by atoms with Crippen LogP contribution in [-0.4, -0.2) is 23.1 Å². The van der Waals surface area contributed by atoms with E-state index < -0.39 is 11.6 Å². The molecular formula is C20H19F2N5. The smallest absolute Gasteiger partial charge is 0.229 e. The number of para-hydroxylation sites is 1. The molecule has 0 radical (unpaired) electrons. The Balaban J connectivity index is 1.48. The molecule has 1 fully saturated rings. The van der Waals surface area contributed by atoms with Gasteiger partial charge in [-0.1, -0.05) is 6.07 Å². The Labute approximate surface area is 156 Å². The van der Waals surface area contributed by atoms with Gasteiger partial charge in [0.05, 0.1) is 0 Å². The van der Waals surface area contributed by atoms with Gasteiger partial charge in [0, 0.05) is 30.7 Å². The van der Waals surface area contributed by atoms with Crippen LogP contribution in [0.4, 0.5) is 37.6 Å². The van der Waals surface area contributed by atoms with Crippen molar-refractivity contribution in [1.29, 1.82) is 0 Å². The highest BCUT2D eigenvalue weighted by Gasteiger charge is 2.12. The average molecular weight is 367 g/mol. The van der Waals surface area contributed by atoms with Gasteiger partial charge in [0.15, 0.2) is 0 Å². The molecule has 0 atom stereocenters. The molecule has 0 aliphatic carbocycles. The van der Waals surface area contributed by atoms with Gasteiger partial charge in [-0.25, -0.2) is 13.8 Å². The van der Waals surface area contributed by atoms with Crippen LogP contribution in [0.2, 0.25) is 0 Å². The predicted molar refractivity (Wildman–Crippen MR) is 103 cm³/mol. The van der Waals surface area contributed by atoms with E-state index in [4.69, 9.17) is 0 Å². The largest absolute Gasteiger partial charge is 0.372 e. The number of hydrogen-bond acceptors (Lipinski definition) is 5. The fourth-order valence-electron chi connectivity index (χ4n) is 3.10. The second-order valence-electron chi connectivity index (χ2n) is 6.35. The van der Waals surface area contributed by atoms with Crippen LogP contribution in [0.5, 0.6) is 0 Å². The molecule has 3 aromatic rings. The van der Waals surface area contributed by atoms with Crippen LogP contribution in [0.1, 0.15) is 12.8 Å². The lowest BCUT2D eigenvalue weighted by Crippen LogP contribution is -2.17. The number of nitrogens with one attached hydrogen (secondary N) is 2. The zero-order chi connectivity index (χ0) is 18.6. The Hall–Kier alpha value is -3.22. The maximum Gasteiger partial charge on any atom is 0.229 e. The van der Waals surface area contributed by atoms with E-state index in [0.29, 0.717) is 5.82 Å². The summed E-state index contributed by atoms with van der Waals surface area (Å²) in [6.07, 6.45) is 3.99. The van der Waals surface area contributed by atoms with Crippen LogP contribution >= 0.6 is 0 Å². The van der Waals surface area contributed by atoms with Crippen molar-refractivity contribution in [2.75, 3.05) is 28.6 Å². The van der Waals surface area contributed by atoms with Crippen LogP contribution in [0.25, 0.3) is 0 Å². The average Bonchev–Trinajstić information content (AvgIpc) is 3.21. The Kier molecular flexibility index (Phi) is 4.82. The van der Waals surface area contributed by atoms with Crippen molar-refractivity contribution in [2.45, 2.75) is 12.8 Å². The highest BCUT2D eigenvalue weighted by molar-refractivity contribution is 5.62. The van der Waals surface area contributed by atoms with Gasteiger partial charge in [-0.2, -0.15) is 4.98 Å². The normalized spacial score (nSPS) is 13.6. The number of benzene rings is 2. The van der Waals surface area contributed by atoms with Gasteiger partial charge in [0.2, 0.25) is 5.95 Å². The van der Waals surface area contributed by atoms with Crippen LogP contribution in [-0.2, 0) is 0 Å². The molecule has 0 saturated carbocycles.